The van der Waals surface area contributed by atoms with Crippen molar-refractivity contribution in [2.24, 2.45) is 7.05 Å². The van der Waals surface area contributed by atoms with Crippen molar-refractivity contribution in [1.82, 2.24) is 25.3 Å². The highest BCUT2D eigenvalue weighted by molar-refractivity contribution is 7.20. The predicted octanol–water partition coefficient (Wildman–Crippen LogP) is 0.882. The van der Waals surface area contributed by atoms with E-state index in [2.05, 4.69) is 22.7 Å². The molecule has 2 aromatic heterocycles. The van der Waals surface area contributed by atoms with E-state index in [0.29, 0.717) is 18.0 Å². The highest BCUT2D eigenvalue weighted by Crippen LogP contribution is 2.27. The summed E-state index contributed by atoms with van der Waals surface area (Å²) in [5.41, 5.74) is 0.904. The minimum Gasteiger partial charge on any atom is -0.340 e. The molecule has 1 fully saturated rings. The Morgan fingerprint density at radius 2 is 2.25 bits per heavy atom. The molecule has 3 heterocycles. The molecule has 2 amide bonds. The third kappa shape index (κ3) is 3.16. The van der Waals surface area contributed by atoms with Crippen molar-refractivity contribution in [3.8, 4) is 0 Å². The van der Waals surface area contributed by atoms with Crippen LogP contribution in [0.4, 0.5) is 0 Å². The fourth-order valence-corrected chi connectivity index (χ4v) is 4.08. The van der Waals surface area contributed by atoms with Crippen molar-refractivity contribution in [3.63, 3.8) is 0 Å². The zero-order chi connectivity index (χ0) is 17.4. The number of carbonyl (C=O) groups excluding carboxylic acids is 2. The number of carbonyl (C=O) groups is 2. The molecule has 1 aliphatic rings. The maximum absolute atomic E-state index is 12.5. The van der Waals surface area contributed by atoms with E-state index in [4.69, 9.17) is 0 Å². The van der Waals surface area contributed by atoms with E-state index in [-0.39, 0.29) is 17.9 Å². The monoisotopic (exact) mass is 349 g/mol. The first kappa shape index (κ1) is 16.9. The molecule has 2 aromatic rings. The van der Waals surface area contributed by atoms with Crippen LogP contribution in [0.15, 0.2) is 6.07 Å². The van der Waals surface area contributed by atoms with Gasteiger partial charge in [-0.05, 0) is 26.8 Å². The smallest absolute Gasteiger partial charge is 0.262 e. The molecule has 7 nitrogen and oxygen atoms in total. The molecule has 0 aromatic carbocycles. The lowest BCUT2D eigenvalue weighted by Gasteiger charge is -2.33. The number of aromatic nitrogens is 2. The van der Waals surface area contributed by atoms with Gasteiger partial charge in [-0.25, -0.2) is 0 Å². The summed E-state index contributed by atoms with van der Waals surface area (Å²) in [6, 6.07) is 1.60. The number of hydrogen-bond acceptors (Lipinski definition) is 5. The molecule has 24 heavy (non-hydrogen) atoms. The Morgan fingerprint density at radius 1 is 1.50 bits per heavy atom. The molecule has 0 spiro atoms. The number of nitrogens with one attached hydrogen (secondary N) is 2. The first-order valence-electron chi connectivity index (χ1n) is 8.13. The van der Waals surface area contributed by atoms with Gasteiger partial charge in [-0.15, -0.1) is 11.3 Å². The van der Waals surface area contributed by atoms with Gasteiger partial charge in [0, 0.05) is 38.1 Å². The molecule has 0 aliphatic carbocycles. The Labute approximate surface area is 145 Å². The number of hydrogen-bond donors (Lipinski definition) is 2. The molecule has 0 bridgehead atoms. The van der Waals surface area contributed by atoms with E-state index in [1.165, 1.54) is 11.3 Å². The molecule has 0 saturated carbocycles. The van der Waals surface area contributed by atoms with Crippen LogP contribution in [0.2, 0.25) is 0 Å². The van der Waals surface area contributed by atoms with E-state index < -0.39 is 6.04 Å². The number of thiophene rings is 1. The Kier molecular flexibility index (Phi) is 4.60. The highest BCUT2D eigenvalue weighted by atomic mass is 32.1. The van der Waals surface area contributed by atoms with Gasteiger partial charge in [0.05, 0.1) is 10.6 Å². The highest BCUT2D eigenvalue weighted by Gasteiger charge is 2.26. The lowest BCUT2D eigenvalue weighted by Crippen LogP contribution is -2.55. The molecule has 2 unspecified atom stereocenters. The predicted molar refractivity (Wildman–Crippen MR) is 94.3 cm³/mol. The van der Waals surface area contributed by atoms with Crippen LogP contribution in [0.1, 0.15) is 29.2 Å². The Morgan fingerprint density at radius 3 is 2.92 bits per heavy atom. The van der Waals surface area contributed by atoms with Crippen molar-refractivity contribution >= 4 is 33.4 Å². The first-order valence-corrected chi connectivity index (χ1v) is 8.94. The fourth-order valence-electron chi connectivity index (χ4n) is 3.05. The van der Waals surface area contributed by atoms with Gasteiger partial charge in [0.2, 0.25) is 5.91 Å². The molecule has 130 valence electrons. The van der Waals surface area contributed by atoms with Crippen LogP contribution >= 0.6 is 11.3 Å². The van der Waals surface area contributed by atoms with Gasteiger partial charge in [-0.1, -0.05) is 0 Å². The van der Waals surface area contributed by atoms with E-state index in [0.717, 1.165) is 22.5 Å². The second kappa shape index (κ2) is 6.52. The quantitative estimate of drug-likeness (QED) is 0.862. The molecule has 2 N–H and O–H groups in total. The number of rotatable bonds is 3. The Balaban J connectivity index is 1.68. The summed E-state index contributed by atoms with van der Waals surface area (Å²) in [6.07, 6.45) is 0. The van der Waals surface area contributed by atoms with Gasteiger partial charge in [0.25, 0.3) is 5.91 Å². The van der Waals surface area contributed by atoms with Crippen LogP contribution in [0.5, 0.6) is 0 Å². The summed E-state index contributed by atoms with van der Waals surface area (Å²) < 4.78 is 1.78. The minimum atomic E-state index is -0.535. The summed E-state index contributed by atoms with van der Waals surface area (Å²) >= 11 is 1.40. The number of amides is 2. The van der Waals surface area contributed by atoms with Crippen LogP contribution in [0, 0.1) is 6.92 Å². The van der Waals surface area contributed by atoms with Crippen LogP contribution in [-0.2, 0) is 11.8 Å². The molecular weight excluding hydrogens is 326 g/mol. The number of fused-ring (bicyclic) bond motifs is 1. The summed E-state index contributed by atoms with van der Waals surface area (Å²) in [7, 11) is 1.87. The van der Waals surface area contributed by atoms with Crippen molar-refractivity contribution < 1.29 is 9.59 Å². The molecule has 1 aliphatic heterocycles. The fraction of sp³-hybridized carbons (Fsp3) is 0.562. The average molecular weight is 349 g/mol. The Hall–Kier alpha value is -1.93. The van der Waals surface area contributed by atoms with Crippen molar-refractivity contribution in [2.75, 3.05) is 19.6 Å². The number of nitrogens with zero attached hydrogens (tertiary/aromatic N) is 3. The number of aryl methyl sites for hydroxylation is 2. The maximum atomic E-state index is 12.5. The largest absolute Gasteiger partial charge is 0.340 e. The second-order valence-electron chi connectivity index (χ2n) is 6.37. The minimum absolute atomic E-state index is 0.0318. The van der Waals surface area contributed by atoms with Gasteiger partial charge < -0.3 is 15.5 Å². The van der Waals surface area contributed by atoms with Crippen LogP contribution < -0.4 is 10.6 Å². The van der Waals surface area contributed by atoms with Gasteiger partial charge in [0.1, 0.15) is 10.9 Å². The molecule has 1 saturated heterocycles. The Bertz CT molecular complexity index is 746. The standard InChI is InChI=1S/C16H23N5O2S/c1-9-8-21(6-5-17-9)15(23)11(3)18-14(22)13-7-12-10(2)19-20(4)16(12)24-13/h7,9,11,17H,5-6,8H2,1-4H3,(H,18,22). The van der Waals surface area contributed by atoms with Gasteiger partial charge in [-0.2, -0.15) is 5.10 Å². The van der Waals surface area contributed by atoms with Crippen molar-refractivity contribution in [2.45, 2.75) is 32.9 Å². The van der Waals surface area contributed by atoms with Crippen molar-refractivity contribution in [1.29, 1.82) is 0 Å². The topological polar surface area (TPSA) is 79.3 Å². The molecule has 3 rings (SSSR count). The van der Waals surface area contributed by atoms with Crippen molar-refractivity contribution in [3.05, 3.63) is 16.6 Å². The zero-order valence-electron chi connectivity index (χ0n) is 14.4. The average Bonchev–Trinajstić information content (AvgIpc) is 3.09. The van der Waals surface area contributed by atoms with E-state index in [1.54, 1.807) is 11.6 Å². The lowest BCUT2D eigenvalue weighted by atomic mass is 10.2. The SMILES string of the molecule is Cc1nn(C)c2sc(C(=O)NC(C)C(=O)N3CCNC(C)C3)cc12. The molecule has 0 radical (unpaired) electrons. The van der Waals surface area contributed by atoms with Crippen LogP contribution in [0.25, 0.3) is 10.2 Å². The summed E-state index contributed by atoms with van der Waals surface area (Å²) in [5, 5.41) is 11.5. The summed E-state index contributed by atoms with van der Waals surface area (Å²) in [5.74, 6) is -0.240. The lowest BCUT2D eigenvalue weighted by molar-refractivity contribution is -0.133. The van der Waals surface area contributed by atoms with Crippen LogP contribution in [-0.4, -0.2) is 58.2 Å². The zero-order valence-corrected chi connectivity index (χ0v) is 15.2. The van der Waals surface area contributed by atoms with E-state index in [9.17, 15) is 9.59 Å². The second-order valence-corrected chi connectivity index (χ2v) is 7.40. The van der Waals surface area contributed by atoms with Gasteiger partial charge in [-0.3, -0.25) is 14.3 Å². The van der Waals surface area contributed by atoms with Crippen LogP contribution in [0.3, 0.4) is 0 Å². The molecule has 2 atom stereocenters. The third-order valence-corrected chi connectivity index (χ3v) is 5.52. The maximum Gasteiger partial charge on any atom is 0.262 e. The summed E-state index contributed by atoms with van der Waals surface area (Å²) in [4.78, 5) is 28.4. The molecule has 8 heteroatoms. The third-order valence-electron chi connectivity index (χ3n) is 4.32. The summed E-state index contributed by atoms with van der Waals surface area (Å²) in [6.45, 7) is 7.86. The van der Waals surface area contributed by atoms with E-state index in [1.807, 2.05) is 24.9 Å². The molecular formula is C16H23N5O2S. The van der Waals surface area contributed by atoms with E-state index >= 15 is 0 Å². The normalized spacial score (nSPS) is 19.5. The first-order chi connectivity index (χ1) is 11.4. The van der Waals surface area contributed by atoms with Gasteiger partial charge >= 0.3 is 0 Å². The number of piperazine rings is 1. The van der Waals surface area contributed by atoms with Gasteiger partial charge in [0.15, 0.2) is 0 Å².